The van der Waals surface area contributed by atoms with Crippen LogP contribution in [0, 0.1) is 0 Å². The van der Waals surface area contributed by atoms with E-state index >= 15 is 0 Å². The number of carbonyl (C=O) groups excluding carboxylic acids is 1. The number of benzene rings is 1. The Morgan fingerprint density at radius 1 is 0.893 bits per heavy atom. The van der Waals surface area contributed by atoms with Crippen molar-refractivity contribution < 1.29 is 13.2 Å². The van der Waals surface area contributed by atoms with Gasteiger partial charge in [-0.15, -0.1) is 4.83 Å². The number of aryl methyl sites for hydroxylation is 4. The molecule has 1 amide bonds. The minimum Gasteiger partial charge on any atom is -0.277 e. The summed E-state index contributed by atoms with van der Waals surface area (Å²) < 4.78 is 26.0. The second kappa shape index (κ2) is 6.67. The number of hydrazine groups is 1. The summed E-state index contributed by atoms with van der Waals surface area (Å²) in [6.45, 7) is 0. The van der Waals surface area contributed by atoms with Crippen molar-refractivity contribution in [2.75, 3.05) is 5.01 Å². The molecule has 0 saturated carbocycles. The predicted molar refractivity (Wildman–Crippen MR) is 106 cm³/mol. The molecule has 3 aliphatic rings. The summed E-state index contributed by atoms with van der Waals surface area (Å²) in [4.78, 5) is 18.9. The lowest BCUT2D eigenvalue weighted by Crippen LogP contribution is -2.42. The number of fused-ring (bicyclic) bond motifs is 3. The Labute approximate surface area is 165 Å². The quantitative estimate of drug-likeness (QED) is 0.621. The van der Waals surface area contributed by atoms with Crippen LogP contribution in [0.25, 0.3) is 0 Å². The van der Waals surface area contributed by atoms with E-state index in [-0.39, 0.29) is 4.90 Å². The summed E-state index contributed by atoms with van der Waals surface area (Å²) in [6.07, 6.45) is 10.6. The van der Waals surface area contributed by atoms with Gasteiger partial charge in [0.1, 0.15) is 4.90 Å². The predicted octanol–water partition coefficient (Wildman–Crippen LogP) is 2.40. The summed E-state index contributed by atoms with van der Waals surface area (Å²) in [6, 6.07) is 3.95. The zero-order valence-electron chi connectivity index (χ0n) is 15.7. The molecule has 0 fully saturated rings. The van der Waals surface area contributed by atoms with Crippen LogP contribution in [0.1, 0.15) is 52.8 Å². The Morgan fingerprint density at radius 2 is 1.54 bits per heavy atom. The van der Waals surface area contributed by atoms with Crippen molar-refractivity contribution in [3.63, 3.8) is 0 Å². The third kappa shape index (κ3) is 2.84. The molecular weight excluding hydrogens is 374 g/mol. The molecule has 0 aliphatic heterocycles. The van der Waals surface area contributed by atoms with Crippen LogP contribution in [0.3, 0.4) is 0 Å². The minimum atomic E-state index is -3.89. The first kappa shape index (κ1) is 17.8. The van der Waals surface area contributed by atoms with Crippen molar-refractivity contribution in [3.05, 3.63) is 51.8 Å². The summed E-state index contributed by atoms with van der Waals surface area (Å²) in [5, 5.41) is 1.19. The van der Waals surface area contributed by atoms with Crippen LogP contribution in [-0.2, 0) is 53.3 Å². The maximum Gasteiger partial charge on any atom is 0.259 e. The van der Waals surface area contributed by atoms with Crippen molar-refractivity contribution >= 4 is 22.1 Å². The highest BCUT2D eigenvalue weighted by molar-refractivity contribution is 7.89. The highest BCUT2D eigenvalue weighted by Gasteiger charge is 2.30. The van der Waals surface area contributed by atoms with Gasteiger partial charge < -0.3 is 0 Å². The van der Waals surface area contributed by atoms with Gasteiger partial charge in [-0.25, -0.2) is 13.4 Å². The number of nitrogens with one attached hydrogen (secondary N) is 1. The SMILES string of the molecule is O=CN(NS(=O)(=O)c1cnc2c(c1)CCC2)c1c2c(cc3c1CCC3)CCC2. The summed E-state index contributed by atoms with van der Waals surface area (Å²) in [5.41, 5.74) is 7.45. The average molecular weight is 398 g/mol. The number of sulfonamides is 1. The van der Waals surface area contributed by atoms with E-state index in [1.54, 1.807) is 6.07 Å². The number of carbonyl (C=O) groups is 1. The first-order chi connectivity index (χ1) is 13.6. The first-order valence-electron chi connectivity index (χ1n) is 9.98. The monoisotopic (exact) mass is 397 g/mol. The Morgan fingerprint density at radius 3 is 2.21 bits per heavy atom. The summed E-state index contributed by atoms with van der Waals surface area (Å²) >= 11 is 0. The molecule has 1 aromatic heterocycles. The van der Waals surface area contributed by atoms with E-state index in [0.717, 1.165) is 85.9 Å². The normalized spacial score (nSPS) is 17.3. The molecule has 0 atom stereocenters. The van der Waals surface area contributed by atoms with E-state index in [0.29, 0.717) is 6.41 Å². The van der Waals surface area contributed by atoms with Crippen LogP contribution in [0.2, 0.25) is 0 Å². The number of rotatable bonds is 5. The van der Waals surface area contributed by atoms with Gasteiger partial charge in [0.25, 0.3) is 10.0 Å². The molecule has 0 radical (unpaired) electrons. The second-order valence-corrected chi connectivity index (χ2v) is 9.57. The molecule has 28 heavy (non-hydrogen) atoms. The minimum absolute atomic E-state index is 0.115. The van der Waals surface area contributed by atoms with Crippen molar-refractivity contribution in [1.29, 1.82) is 0 Å². The number of aromatic nitrogens is 1. The Hall–Kier alpha value is -2.25. The van der Waals surface area contributed by atoms with Crippen molar-refractivity contribution in [2.45, 2.75) is 62.7 Å². The van der Waals surface area contributed by atoms with E-state index in [4.69, 9.17) is 0 Å². The van der Waals surface area contributed by atoms with E-state index in [1.165, 1.54) is 22.3 Å². The molecule has 0 saturated heterocycles. The number of hydrogen-bond donors (Lipinski definition) is 1. The fourth-order valence-electron chi connectivity index (χ4n) is 4.93. The van der Waals surface area contributed by atoms with Gasteiger partial charge in [0, 0.05) is 11.9 Å². The molecule has 146 valence electrons. The van der Waals surface area contributed by atoms with Gasteiger partial charge in [0.2, 0.25) is 6.41 Å². The fourth-order valence-corrected chi connectivity index (χ4v) is 5.92. The van der Waals surface area contributed by atoms with E-state index in [1.807, 2.05) is 0 Å². The van der Waals surface area contributed by atoms with Crippen molar-refractivity contribution in [2.24, 2.45) is 0 Å². The van der Waals surface area contributed by atoms with Gasteiger partial charge in [-0.3, -0.25) is 9.78 Å². The lowest BCUT2D eigenvalue weighted by atomic mass is 9.98. The highest BCUT2D eigenvalue weighted by atomic mass is 32.2. The van der Waals surface area contributed by atoms with Crippen LogP contribution in [0.5, 0.6) is 0 Å². The number of hydrogen-bond acceptors (Lipinski definition) is 4. The van der Waals surface area contributed by atoms with Gasteiger partial charge in [0.05, 0.1) is 5.69 Å². The van der Waals surface area contributed by atoms with Gasteiger partial charge in [0.15, 0.2) is 0 Å². The van der Waals surface area contributed by atoms with E-state index < -0.39 is 10.0 Å². The topological polar surface area (TPSA) is 79.4 Å². The molecule has 7 heteroatoms. The molecule has 0 spiro atoms. The van der Waals surface area contributed by atoms with Crippen LogP contribution >= 0.6 is 0 Å². The standard InChI is InChI=1S/C21H23N3O3S/c25-13-24(21-18-7-1-4-14(18)10-15-5-2-8-19(15)21)23-28(26,27)17-11-16-6-3-9-20(16)22-12-17/h10-13,23H,1-9H2. The van der Waals surface area contributed by atoms with Gasteiger partial charge in [-0.2, -0.15) is 0 Å². The van der Waals surface area contributed by atoms with Crippen LogP contribution < -0.4 is 9.84 Å². The number of pyridine rings is 1. The van der Waals surface area contributed by atoms with Gasteiger partial charge in [-0.1, -0.05) is 6.07 Å². The Balaban J connectivity index is 1.54. The smallest absolute Gasteiger partial charge is 0.259 e. The van der Waals surface area contributed by atoms with Crippen LogP contribution in [0.4, 0.5) is 5.69 Å². The summed E-state index contributed by atoms with van der Waals surface area (Å²) in [5.74, 6) is 0. The molecule has 1 heterocycles. The second-order valence-electron chi connectivity index (χ2n) is 7.91. The fraction of sp³-hybridized carbons (Fsp3) is 0.429. The Kier molecular flexibility index (Phi) is 4.25. The molecule has 5 rings (SSSR count). The zero-order valence-corrected chi connectivity index (χ0v) is 16.5. The number of nitrogens with zero attached hydrogens (tertiary/aromatic N) is 2. The first-order valence-corrected chi connectivity index (χ1v) is 11.5. The maximum absolute atomic E-state index is 13.0. The molecule has 3 aliphatic carbocycles. The van der Waals surface area contributed by atoms with Crippen molar-refractivity contribution in [3.8, 4) is 0 Å². The maximum atomic E-state index is 13.0. The number of amides is 1. The van der Waals surface area contributed by atoms with E-state index in [9.17, 15) is 13.2 Å². The van der Waals surface area contributed by atoms with Crippen LogP contribution in [0.15, 0.2) is 23.2 Å². The van der Waals surface area contributed by atoms with Crippen molar-refractivity contribution in [1.82, 2.24) is 9.82 Å². The third-order valence-corrected chi connectivity index (χ3v) is 7.49. The molecular formula is C21H23N3O3S. The summed E-state index contributed by atoms with van der Waals surface area (Å²) in [7, 11) is -3.89. The Bertz CT molecular complexity index is 1050. The van der Waals surface area contributed by atoms with Gasteiger partial charge >= 0.3 is 0 Å². The average Bonchev–Trinajstić information content (AvgIpc) is 3.43. The van der Waals surface area contributed by atoms with Crippen LogP contribution in [-0.4, -0.2) is 19.8 Å². The molecule has 6 nitrogen and oxygen atoms in total. The molecule has 1 aromatic carbocycles. The third-order valence-electron chi connectivity index (χ3n) is 6.21. The molecule has 0 bridgehead atoms. The lowest BCUT2D eigenvalue weighted by molar-refractivity contribution is -0.107. The number of anilines is 1. The van der Waals surface area contributed by atoms with Gasteiger partial charge in [-0.05, 0) is 91.7 Å². The molecule has 2 aromatic rings. The largest absolute Gasteiger partial charge is 0.277 e. The molecule has 0 unspecified atom stereocenters. The highest BCUT2D eigenvalue weighted by Crippen LogP contribution is 2.40. The van der Waals surface area contributed by atoms with E-state index in [2.05, 4.69) is 15.9 Å². The zero-order chi connectivity index (χ0) is 19.3. The molecule has 1 N–H and O–H groups in total. The lowest BCUT2D eigenvalue weighted by Gasteiger charge is -2.24.